The molecule has 8 nitrogen and oxygen atoms in total. The lowest BCUT2D eigenvalue weighted by molar-refractivity contribution is -0.137. The number of ether oxygens (including phenoxy) is 1. The molecule has 3 N–H and O–H groups in total. The number of allylic oxidation sites excluding steroid dienone is 5. The van der Waals surface area contributed by atoms with Crippen LogP contribution in [-0.2, 0) is 19.1 Å². The number of nitrogens with zero attached hydrogens (tertiary/aromatic N) is 1. The fourth-order valence-corrected chi connectivity index (χ4v) is 3.19. The molecule has 1 unspecified atom stereocenters. The number of carbonyl (C=O) groups excluding carboxylic acids is 3. The first-order chi connectivity index (χ1) is 14.9. The molecule has 31 heavy (non-hydrogen) atoms. The van der Waals surface area contributed by atoms with Gasteiger partial charge >= 0.3 is 0 Å². The molecule has 1 atom stereocenters. The van der Waals surface area contributed by atoms with E-state index < -0.39 is 0 Å². The molecular weight excluding hydrogens is 396 g/mol. The van der Waals surface area contributed by atoms with Crippen molar-refractivity contribution in [1.29, 1.82) is 0 Å². The number of hydrogen-bond donors (Lipinski definition) is 3. The van der Waals surface area contributed by atoms with Crippen molar-refractivity contribution in [2.75, 3.05) is 39.8 Å². The van der Waals surface area contributed by atoms with Gasteiger partial charge in [-0.1, -0.05) is 23.8 Å². The van der Waals surface area contributed by atoms with Crippen molar-refractivity contribution in [2.24, 2.45) is 5.92 Å². The van der Waals surface area contributed by atoms with Crippen LogP contribution in [-0.4, -0.2) is 68.5 Å². The molecule has 0 aromatic rings. The van der Waals surface area contributed by atoms with Crippen LogP contribution in [0.15, 0.2) is 35.6 Å². The lowest BCUT2D eigenvalue weighted by atomic mass is 10.1. The molecule has 2 aliphatic rings. The molecule has 172 valence electrons. The van der Waals surface area contributed by atoms with Gasteiger partial charge in [0.2, 0.25) is 17.7 Å². The second-order valence-corrected chi connectivity index (χ2v) is 8.12. The van der Waals surface area contributed by atoms with Gasteiger partial charge in [-0.2, -0.15) is 0 Å². The van der Waals surface area contributed by atoms with Gasteiger partial charge in [-0.3, -0.25) is 14.4 Å². The van der Waals surface area contributed by atoms with Gasteiger partial charge in [0.15, 0.2) is 0 Å². The summed E-state index contributed by atoms with van der Waals surface area (Å²) in [4.78, 5) is 38.3. The molecule has 1 heterocycles. The van der Waals surface area contributed by atoms with Crippen molar-refractivity contribution in [2.45, 2.75) is 45.6 Å². The predicted molar refractivity (Wildman–Crippen MR) is 120 cm³/mol. The topological polar surface area (TPSA) is 99.8 Å². The van der Waals surface area contributed by atoms with Crippen molar-refractivity contribution < 1.29 is 19.1 Å². The third-order valence-corrected chi connectivity index (χ3v) is 5.36. The van der Waals surface area contributed by atoms with Crippen LogP contribution in [0.2, 0.25) is 0 Å². The lowest BCUT2D eigenvalue weighted by Crippen LogP contribution is -2.50. The predicted octanol–water partition coefficient (Wildman–Crippen LogP) is 1.26. The van der Waals surface area contributed by atoms with E-state index in [-0.39, 0.29) is 36.9 Å². The zero-order valence-electron chi connectivity index (χ0n) is 18.9. The minimum Gasteiger partial charge on any atom is -0.500 e. The summed E-state index contributed by atoms with van der Waals surface area (Å²) in [5.41, 5.74) is 2.18. The maximum Gasteiger partial charge on any atom is 0.240 e. The molecule has 0 spiro atoms. The van der Waals surface area contributed by atoms with Crippen LogP contribution >= 0.6 is 0 Å². The number of amides is 3. The Morgan fingerprint density at radius 2 is 1.94 bits per heavy atom. The first-order valence-corrected chi connectivity index (χ1v) is 11.0. The Labute approximate surface area is 185 Å². The third kappa shape index (κ3) is 9.38. The van der Waals surface area contributed by atoms with Crippen LogP contribution in [0.1, 0.15) is 39.5 Å². The molecule has 1 saturated carbocycles. The minimum atomic E-state index is -0.347. The second-order valence-electron chi connectivity index (χ2n) is 8.12. The van der Waals surface area contributed by atoms with Crippen molar-refractivity contribution >= 4 is 17.7 Å². The summed E-state index contributed by atoms with van der Waals surface area (Å²) in [5, 5.41) is 8.68. The van der Waals surface area contributed by atoms with Gasteiger partial charge in [0.25, 0.3) is 0 Å². The van der Waals surface area contributed by atoms with Crippen LogP contribution in [0.4, 0.5) is 0 Å². The van der Waals surface area contributed by atoms with E-state index in [1.165, 1.54) is 4.90 Å². The van der Waals surface area contributed by atoms with Crippen LogP contribution < -0.4 is 16.0 Å². The van der Waals surface area contributed by atoms with Crippen LogP contribution in [0.3, 0.4) is 0 Å². The fraction of sp³-hybridized carbons (Fsp3) is 0.609. The molecule has 1 aliphatic heterocycles. The minimum absolute atomic E-state index is 0.0719. The van der Waals surface area contributed by atoms with Gasteiger partial charge < -0.3 is 25.6 Å². The highest BCUT2D eigenvalue weighted by molar-refractivity contribution is 5.89. The molecule has 0 radical (unpaired) electrons. The highest BCUT2D eigenvalue weighted by Gasteiger charge is 2.37. The number of rotatable bonds is 3. The largest absolute Gasteiger partial charge is 0.500 e. The maximum absolute atomic E-state index is 12.8. The number of carbonyl (C=O) groups is 3. The Kier molecular flexibility index (Phi) is 10.3. The Morgan fingerprint density at radius 1 is 1.16 bits per heavy atom. The smallest absolute Gasteiger partial charge is 0.240 e. The number of hydrogen-bond acceptors (Lipinski definition) is 5. The summed E-state index contributed by atoms with van der Waals surface area (Å²) < 4.78 is 5.73. The second kappa shape index (κ2) is 12.9. The Balaban J connectivity index is 2.04. The van der Waals surface area contributed by atoms with Gasteiger partial charge in [0, 0.05) is 20.1 Å². The molecule has 0 aromatic heterocycles. The maximum atomic E-state index is 12.8. The van der Waals surface area contributed by atoms with Gasteiger partial charge in [-0.15, -0.1) is 0 Å². The van der Waals surface area contributed by atoms with E-state index in [9.17, 15) is 14.4 Å². The molecule has 8 heteroatoms. The fourth-order valence-electron chi connectivity index (χ4n) is 3.19. The van der Waals surface area contributed by atoms with Gasteiger partial charge in [0.1, 0.15) is 0 Å². The SMILES string of the molecule is C\C=C(C)/C=C\C1=C\OCCNC(C2CC2)C(=O)N(C)CC(=O)NCC(=O)NCCC1. The molecule has 1 fully saturated rings. The van der Waals surface area contributed by atoms with Crippen molar-refractivity contribution in [3.63, 3.8) is 0 Å². The normalized spacial score (nSPS) is 25.7. The van der Waals surface area contributed by atoms with E-state index in [0.717, 1.165) is 36.8 Å². The van der Waals surface area contributed by atoms with Gasteiger partial charge in [-0.05, 0) is 51.0 Å². The molecule has 0 bridgehead atoms. The first-order valence-electron chi connectivity index (χ1n) is 11.0. The average molecular weight is 433 g/mol. The van der Waals surface area contributed by atoms with Crippen LogP contribution in [0.5, 0.6) is 0 Å². The van der Waals surface area contributed by atoms with Gasteiger partial charge in [-0.25, -0.2) is 0 Å². The van der Waals surface area contributed by atoms with Crippen molar-refractivity contribution in [1.82, 2.24) is 20.9 Å². The summed E-state index contributed by atoms with van der Waals surface area (Å²) in [6.07, 6.45) is 11.4. The Morgan fingerprint density at radius 3 is 2.65 bits per heavy atom. The Bertz CT molecular complexity index is 725. The van der Waals surface area contributed by atoms with E-state index in [2.05, 4.69) is 16.0 Å². The van der Waals surface area contributed by atoms with E-state index in [1.54, 1.807) is 13.3 Å². The zero-order chi connectivity index (χ0) is 22.6. The molecule has 1 aliphatic carbocycles. The monoisotopic (exact) mass is 432 g/mol. The van der Waals surface area contributed by atoms with Crippen LogP contribution in [0, 0.1) is 5.92 Å². The lowest BCUT2D eigenvalue weighted by Gasteiger charge is -2.24. The summed E-state index contributed by atoms with van der Waals surface area (Å²) in [6, 6.07) is -0.315. The molecule has 2 rings (SSSR count). The number of likely N-dealkylation sites (N-methyl/N-ethyl adjacent to an activating group) is 1. The summed E-state index contributed by atoms with van der Waals surface area (Å²) in [7, 11) is 1.61. The van der Waals surface area contributed by atoms with Crippen LogP contribution in [0.25, 0.3) is 0 Å². The van der Waals surface area contributed by atoms with Gasteiger partial charge in [0.05, 0.1) is 32.0 Å². The number of nitrogens with one attached hydrogen (secondary N) is 3. The van der Waals surface area contributed by atoms with E-state index >= 15 is 0 Å². The molecular formula is C23H36N4O4. The average Bonchev–Trinajstić information content (AvgIpc) is 3.59. The highest BCUT2D eigenvalue weighted by Crippen LogP contribution is 2.33. The molecule has 0 aromatic carbocycles. The van der Waals surface area contributed by atoms with Crippen molar-refractivity contribution in [3.05, 3.63) is 35.6 Å². The standard InChI is InChI=1S/C23H36N4O4/c1-4-17(2)7-8-18-6-5-11-24-20(28)14-26-21(29)15-27(3)23(30)22(19-9-10-19)25-12-13-31-16-18/h4,7-8,16,19,22,25H,5-6,9-15H2,1-3H3,(H,24,28)(H,26,29)/b8-7-,17-4-,18-16+. The Hall–Kier alpha value is -2.61. The third-order valence-electron chi connectivity index (χ3n) is 5.36. The summed E-state index contributed by atoms with van der Waals surface area (Å²) in [6.45, 7) is 5.34. The zero-order valence-corrected chi connectivity index (χ0v) is 18.9. The molecule has 0 saturated heterocycles. The quantitative estimate of drug-likeness (QED) is 0.583. The van der Waals surface area contributed by atoms with E-state index in [4.69, 9.17) is 4.74 Å². The van der Waals surface area contributed by atoms with E-state index in [1.807, 2.05) is 32.1 Å². The van der Waals surface area contributed by atoms with E-state index in [0.29, 0.717) is 25.6 Å². The first kappa shape index (κ1) is 24.7. The summed E-state index contributed by atoms with van der Waals surface area (Å²) >= 11 is 0. The summed E-state index contributed by atoms with van der Waals surface area (Å²) in [5.74, 6) is -0.404. The molecule has 3 amide bonds. The highest BCUT2D eigenvalue weighted by atomic mass is 16.5. The van der Waals surface area contributed by atoms with Crippen molar-refractivity contribution in [3.8, 4) is 0 Å².